The number of urea groups is 1. The van der Waals surface area contributed by atoms with Crippen molar-refractivity contribution >= 4 is 11.7 Å². The average molecular weight is 362 g/mol. The molecule has 0 aliphatic rings. The summed E-state index contributed by atoms with van der Waals surface area (Å²) in [6.07, 6.45) is -2.35. The molecule has 3 aromatic rings. The molecule has 0 saturated carbocycles. The molecule has 2 aromatic heterocycles. The van der Waals surface area contributed by atoms with Crippen LogP contribution < -0.4 is 11.1 Å². The van der Waals surface area contributed by atoms with Gasteiger partial charge in [0.15, 0.2) is 11.6 Å². The van der Waals surface area contributed by atoms with Gasteiger partial charge in [-0.15, -0.1) is 5.10 Å². The van der Waals surface area contributed by atoms with E-state index >= 15 is 0 Å². The number of rotatable bonds is 3. The number of hydrogen-bond acceptors (Lipinski definition) is 4. The Bertz CT molecular complexity index is 949. The highest BCUT2D eigenvalue weighted by Gasteiger charge is 2.30. The minimum atomic E-state index is -4.45. The lowest BCUT2D eigenvalue weighted by atomic mass is 10.1. The highest BCUT2D eigenvalue weighted by atomic mass is 19.4. The van der Waals surface area contributed by atoms with Crippen molar-refractivity contribution in [2.45, 2.75) is 13.1 Å². The zero-order valence-electron chi connectivity index (χ0n) is 13.4. The van der Waals surface area contributed by atoms with Crippen molar-refractivity contribution in [2.75, 3.05) is 5.32 Å². The Labute approximate surface area is 145 Å². The Morgan fingerprint density at radius 1 is 1.19 bits per heavy atom. The molecule has 0 aliphatic heterocycles. The molecule has 0 saturated heterocycles. The van der Waals surface area contributed by atoms with E-state index in [0.717, 1.165) is 17.8 Å². The van der Waals surface area contributed by atoms with Crippen LogP contribution in [0, 0.1) is 6.92 Å². The first kappa shape index (κ1) is 17.4. The van der Waals surface area contributed by atoms with Crippen LogP contribution in [-0.4, -0.2) is 25.8 Å². The van der Waals surface area contributed by atoms with Gasteiger partial charge in [0.2, 0.25) is 0 Å². The van der Waals surface area contributed by atoms with E-state index < -0.39 is 17.8 Å². The van der Waals surface area contributed by atoms with Crippen LogP contribution in [0.5, 0.6) is 0 Å². The van der Waals surface area contributed by atoms with E-state index in [-0.39, 0.29) is 5.82 Å². The van der Waals surface area contributed by atoms with Crippen LogP contribution in [-0.2, 0) is 6.18 Å². The molecule has 2 heterocycles. The summed E-state index contributed by atoms with van der Waals surface area (Å²) in [5.74, 6) is 0.570. The molecule has 26 heavy (non-hydrogen) atoms. The lowest BCUT2D eigenvalue weighted by Gasteiger charge is -2.07. The van der Waals surface area contributed by atoms with Crippen LogP contribution >= 0.6 is 0 Å². The Morgan fingerprint density at radius 3 is 2.54 bits per heavy atom. The maximum Gasteiger partial charge on any atom is 0.417 e. The minimum Gasteiger partial charge on any atom is -0.351 e. The largest absolute Gasteiger partial charge is 0.417 e. The molecule has 1 aromatic carbocycles. The monoisotopic (exact) mass is 362 g/mol. The third-order valence-electron chi connectivity index (χ3n) is 3.54. The van der Waals surface area contributed by atoms with Crippen molar-refractivity contribution in [1.29, 1.82) is 0 Å². The number of amides is 2. The number of benzene rings is 1. The van der Waals surface area contributed by atoms with Gasteiger partial charge < -0.3 is 11.1 Å². The number of nitrogens with one attached hydrogen (secondary N) is 1. The second-order valence-electron chi connectivity index (χ2n) is 5.43. The highest BCUT2D eigenvalue weighted by molar-refractivity contribution is 5.89. The second kappa shape index (κ2) is 6.47. The topological polar surface area (TPSA) is 98.7 Å². The molecule has 0 fully saturated rings. The molecule has 10 heteroatoms. The molecule has 7 nitrogen and oxygen atoms in total. The summed E-state index contributed by atoms with van der Waals surface area (Å²) in [7, 11) is 0. The Balaban J connectivity index is 1.86. The predicted octanol–water partition coefficient (Wildman–Crippen LogP) is 3.15. The molecule has 3 rings (SSSR count). The predicted molar refractivity (Wildman–Crippen MR) is 87.5 cm³/mol. The Morgan fingerprint density at radius 2 is 1.96 bits per heavy atom. The van der Waals surface area contributed by atoms with Crippen LogP contribution in [0.25, 0.3) is 17.2 Å². The first-order valence-electron chi connectivity index (χ1n) is 7.37. The summed E-state index contributed by atoms with van der Waals surface area (Å²) >= 11 is 0. The minimum absolute atomic E-state index is 0.209. The Kier molecular flexibility index (Phi) is 4.33. The van der Waals surface area contributed by atoms with E-state index in [9.17, 15) is 18.0 Å². The van der Waals surface area contributed by atoms with Gasteiger partial charge in [-0.05, 0) is 42.8 Å². The lowest BCUT2D eigenvalue weighted by Crippen LogP contribution is -2.19. The number of nitrogens with two attached hydrogens (primary N) is 1. The van der Waals surface area contributed by atoms with E-state index in [0.29, 0.717) is 17.1 Å². The van der Waals surface area contributed by atoms with Gasteiger partial charge in [0.25, 0.3) is 0 Å². The summed E-state index contributed by atoms with van der Waals surface area (Å²) in [6.45, 7) is 1.78. The fourth-order valence-corrected chi connectivity index (χ4v) is 2.27. The fraction of sp³-hybridized carbons (Fsp3) is 0.125. The maximum atomic E-state index is 12.6. The van der Waals surface area contributed by atoms with Gasteiger partial charge in [-0.25, -0.2) is 19.4 Å². The van der Waals surface area contributed by atoms with Crippen molar-refractivity contribution in [3.63, 3.8) is 0 Å². The Hall–Kier alpha value is -3.43. The SMILES string of the molecule is Cc1cc(-c2ncn(-c3ccc(C(F)(F)F)cn3)n2)ccc1NC(N)=O. The fourth-order valence-electron chi connectivity index (χ4n) is 2.27. The second-order valence-corrected chi connectivity index (χ2v) is 5.43. The van der Waals surface area contributed by atoms with E-state index in [1.807, 2.05) is 0 Å². The van der Waals surface area contributed by atoms with Crippen LogP contribution in [0.1, 0.15) is 11.1 Å². The summed E-state index contributed by atoms with van der Waals surface area (Å²) < 4.78 is 39.0. The van der Waals surface area contributed by atoms with Crippen LogP contribution in [0.2, 0.25) is 0 Å². The van der Waals surface area contributed by atoms with Gasteiger partial charge in [0.1, 0.15) is 6.33 Å². The van der Waals surface area contributed by atoms with Crippen LogP contribution in [0.3, 0.4) is 0 Å². The molecular formula is C16H13F3N6O. The van der Waals surface area contributed by atoms with Crippen LogP contribution in [0.15, 0.2) is 42.9 Å². The number of carbonyl (C=O) groups is 1. The molecule has 3 N–H and O–H groups in total. The van der Waals surface area contributed by atoms with Crippen molar-refractivity contribution in [3.8, 4) is 17.2 Å². The number of aryl methyl sites for hydroxylation is 1. The van der Waals surface area contributed by atoms with Gasteiger partial charge in [0, 0.05) is 17.4 Å². The summed E-state index contributed by atoms with van der Waals surface area (Å²) in [5.41, 5.74) is 6.24. The average Bonchev–Trinajstić information content (AvgIpc) is 3.06. The van der Waals surface area contributed by atoms with E-state index in [4.69, 9.17) is 5.73 Å². The van der Waals surface area contributed by atoms with E-state index in [1.54, 1.807) is 25.1 Å². The normalized spacial score (nSPS) is 11.4. The first-order valence-corrected chi connectivity index (χ1v) is 7.37. The zero-order valence-corrected chi connectivity index (χ0v) is 13.4. The van der Waals surface area contributed by atoms with E-state index in [1.165, 1.54) is 17.1 Å². The number of alkyl halides is 3. The number of nitrogens with zero attached hydrogens (tertiary/aromatic N) is 4. The third-order valence-corrected chi connectivity index (χ3v) is 3.54. The van der Waals surface area contributed by atoms with Gasteiger partial charge in [-0.1, -0.05) is 0 Å². The van der Waals surface area contributed by atoms with Crippen molar-refractivity contribution in [2.24, 2.45) is 5.73 Å². The molecular weight excluding hydrogens is 349 g/mol. The summed E-state index contributed by atoms with van der Waals surface area (Å²) in [5, 5.41) is 6.72. The van der Waals surface area contributed by atoms with Crippen molar-refractivity contribution in [1.82, 2.24) is 19.7 Å². The quantitative estimate of drug-likeness (QED) is 0.748. The number of carbonyl (C=O) groups excluding carboxylic acids is 1. The number of halogens is 3. The molecule has 0 aliphatic carbocycles. The molecule has 134 valence electrons. The number of primary amides is 1. The molecule has 0 atom stereocenters. The van der Waals surface area contributed by atoms with E-state index in [2.05, 4.69) is 20.4 Å². The van der Waals surface area contributed by atoms with Crippen molar-refractivity contribution in [3.05, 3.63) is 54.0 Å². The van der Waals surface area contributed by atoms with Gasteiger partial charge in [-0.2, -0.15) is 13.2 Å². The molecule has 0 bridgehead atoms. The standard InChI is InChI=1S/C16H13F3N6O/c1-9-6-10(2-4-12(9)23-15(20)26)14-22-8-25(24-14)13-5-3-11(7-21-13)16(17,18)19/h2-8H,1H3,(H3,20,23,26). The van der Waals surface area contributed by atoms with Gasteiger partial charge in [0.05, 0.1) is 5.56 Å². The maximum absolute atomic E-state index is 12.6. The molecule has 0 unspecified atom stereocenters. The van der Waals surface area contributed by atoms with Gasteiger partial charge >= 0.3 is 12.2 Å². The zero-order chi connectivity index (χ0) is 18.9. The lowest BCUT2D eigenvalue weighted by molar-refractivity contribution is -0.137. The molecule has 0 radical (unpaired) electrons. The van der Waals surface area contributed by atoms with Crippen LogP contribution in [0.4, 0.5) is 23.7 Å². The third kappa shape index (κ3) is 3.63. The number of pyridine rings is 1. The molecule has 2 amide bonds. The number of aromatic nitrogens is 4. The number of hydrogen-bond donors (Lipinski definition) is 2. The van der Waals surface area contributed by atoms with Crippen molar-refractivity contribution < 1.29 is 18.0 Å². The smallest absolute Gasteiger partial charge is 0.351 e. The van der Waals surface area contributed by atoms with Gasteiger partial charge in [-0.3, -0.25) is 0 Å². The summed E-state index contributed by atoms with van der Waals surface area (Å²) in [6, 6.07) is 6.58. The highest BCUT2D eigenvalue weighted by Crippen LogP contribution is 2.28. The molecule has 0 spiro atoms. The number of anilines is 1. The summed E-state index contributed by atoms with van der Waals surface area (Å²) in [4.78, 5) is 18.8. The first-order chi connectivity index (χ1) is 12.2.